The summed E-state index contributed by atoms with van der Waals surface area (Å²) in [6.07, 6.45) is 1.69. The van der Waals surface area contributed by atoms with Crippen LogP contribution in [-0.2, 0) is 11.4 Å². The monoisotopic (exact) mass is 415 g/mol. The maximum atomic E-state index is 12.4. The van der Waals surface area contributed by atoms with E-state index in [4.69, 9.17) is 9.47 Å². The minimum Gasteiger partial charge on any atom is -0.485 e. The first-order chi connectivity index (χ1) is 15.1. The lowest BCUT2D eigenvalue weighted by atomic mass is 10.2. The molecule has 1 amide bonds. The number of ether oxygens (including phenoxy) is 2. The predicted octanol–water partition coefficient (Wildman–Crippen LogP) is 3.60. The lowest BCUT2D eigenvalue weighted by Gasteiger charge is -2.13. The third-order valence-corrected chi connectivity index (χ3v) is 4.59. The SMILES string of the molecule is Cc1cccn2c(=O)cc(COc3ccccc3NC(=O)COc3ccccc3)nc12. The summed E-state index contributed by atoms with van der Waals surface area (Å²) < 4.78 is 12.8. The summed E-state index contributed by atoms with van der Waals surface area (Å²) >= 11 is 0. The number of carbonyl (C=O) groups excluding carboxylic acids is 1. The van der Waals surface area contributed by atoms with Gasteiger partial charge in [-0.15, -0.1) is 0 Å². The minimum atomic E-state index is -0.308. The summed E-state index contributed by atoms with van der Waals surface area (Å²) in [6.45, 7) is 1.86. The number of fused-ring (bicyclic) bond motifs is 1. The molecule has 31 heavy (non-hydrogen) atoms. The largest absolute Gasteiger partial charge is 0.485 e. The highest BCUT2D eigenvalue weighted by Gasteiger charge is 2.10. The van der Waals surface area contributed by atoms with E-state index in [0.29, 0.717) is 28.5 Å². The standard InChI is InChI=1S/C24H21N3O4/c1-17-8-7-13-27-23(29)14-18(25-24(17)27)15-31-21-12-6-5-11-20(21)26-22(28)16-30-19-9-3-2-4-10-19/h2-14H,15-16H2,1H3,(H,26,28). The molecule has 2 aromatic heterocycles. The summed E-state index contributed by atoms with van der Waals surface area (Å²) in [6, 6.07) is 21.3. The molecule has 4 rings (SSSR count). The van der Waals surface area contributed by atoms with E-state index in [0.717, 1.165) is 5.56 Å². The zero-order valence-electron chi connectivity index (χ0n) is 16.9. The van der Waals surface area contributed by atoms with E-state index < -0.39 is 0 Å². The quantitative estimate of drug-likeness (QED) is 0.499. The number of nitrogens with zero attached hydrogens (tertiary/aromatic N) is 2. The Hall–Kier alpha value is -4.13. The first-order valence-corrected chi connectivity index (χ1v) is 9.77. The highest BCUT2D eigenvalue weighted by Crippen LogP contribution is 2.24. The maximum Gasteiger partial charge on any atom is 0.262 e. The van der Waals surface area contributed by atoms with Gasteiger partial charge >= 0.3 is 0 Å². The zero-order valence-corrected chi connectivity index (χ0v) is 16.9. The third kappa shape index (κ3) is 4.90. The van der Waals surface area contributed by atoms with Crippen molar-refractivity contribution in [2.24, 2.45) is 0 Å². The van der Waals surface area contributed by atoms with Gasteiger partial charge in [0.15, 0.2) is 6.61 Å². The van der Waals surface area contributed by atoms with Crippen molar-refractivity contribution in [1.29, 1.82) is 0 Å². The number of aromatic nitrogens is 2. The van der Waals surface area contributed by atoms with Gasteiger partial charge < -0.3 is 14.8 Å². The van der Waals surface area contributed by atoms with Crippen molar-refractivity contribution in [1.82, 2.24) is 9.38 Å². The summed E-state index contributed by atoms with van der Waals surface area (Å²) in [5.41, 5.74) is 2.33. The van der Waals surface area contributed by atoms with E-state index in [1.54, 1.807) is 42.6 Å². The molecule has 0 aliphatic heterocycles. The number of amides is 1. The number of para-hydroxylation sites is 3. The number of nitrogens with one attached hydrogen (secondary N) is 1. The lowest BCUT2D eigenvalue weighted by Crippen LogP contribution is -2.20. The summed E-state index contributed by atoms with van der Waals surface area (Å²) in [7, 11) is 0. The van der Waals surface area contributed by atoms with Crippen molar-refractivity contribution >= 4 is 17.2 Å². The Labute approximate surface area is 178 Å². The molecule has 0 fully saturated rings. The van der Waals surface area contributed by atoms with E-state index in [9.17, 15) is 9.59 Å². The van der Waals surface area contributed by atoms with Crippen LogP contribution in [0.5, 0.6) is 11.5 Å². The fourth-order valence-electron chi connectivity index (χ4n) is 3.08. The molecule has 1 N–H and O–H groups in total. The van der Waals surface area contributed by atoms with Crippen LogP contribution in [0.4, 0.5) is 5.69 Å². The van der Waals surface area contributed by atoms with Gasteiger partial charge in [0.25, 0.3) is 11.5 Å². The van der Waals surface area contributed by atoms with Crippen LogP contribution < -0.4 is 20.3 Å². The van der Waals surface area contributed by atoms with Gasteiger partial charge in [0.2, 0.25) is 0 Å². The minimum absolute atomic E-state index is 0.0907. The van der Waals surface area contributed by atoms with Crippen LogP contribution in [-0.4, -0.2) is 21.9 Å². The molecule has 0 aliphatic rings. The second-order valence-corrected chi connectivity index (χ2v) is 6.91. The van der Waals surface area contributed by atoms with Gasteiger partial charge in [0.05, 0.1) is 11.4 Å². The Morgan fingerprint density at radius 3 is 2.61 bits per heavy atom. The Balaban J connectivity index is 1.44. The fraction of sp³-hybridized carbons (Fsp3) is 0.125. The van der Waals surface area contributed by atoms with Crippen molar-refractivity contribution in [2.75, 3.05) is 11.9 Å². The molecule has 156 valence electrons. The highest BCUT2D eigenvalue weighted by atomic mass is 16.5. The Morgan fingerprint density at radius 1 is 1.00 bits per heavy atom. The average molecular weight is 415 g/mol. The second kappa shape index (κ2) is 9.13. The maximum absolute atomic E-state index is 12.4. The number of anilines is 1. The molecule has 7 heteroatoms. The lowest BCUT2D eigenvalue weighted by molar-refractivity contribution is -0.118. The Kier molecular flexibility index (Phi) is 5.93. The first-order valence-electron chi connectivity index (χ1n) is 9.77. The van der Waals surface area contributed by atoms with Crippen molar-refractivity contribution < 1.29 is 14.3 Å². The summed E-state index contributed by atoms with van der Waals surface area (Å²) in [5.74, 6) is 0.783. The average Bonchev–Trinajstić information content (AvgIpc) is 2.78. The zero-order chi connectivity index (χ0) is 21.6. The van der Waals surface area contributed by atoms with Crippen LogP contribution in [0.1, 0.15) is 11.3 Å². The van der Waals surface area contributed by atoms with E-state index in [-0.39, 0.29) is 24.7 Å². The van der Waals surface area contributed by atoms with Gasteiger partial charge in [0, 0.05) is 12.3 Å². The fourth-order valence-corrected chi connectivity index (χ4v) is 3.08. The van der Waals surface area contributed by atoms with Crippen molar-refractivity contribution in [3.63, 3.8) is 0 Å². The van der Waals surface area contributed by atoms with Gasteiger partial charge in [-0.1, -0.05) is 36.4 Å². The molecule has 2 aromatic carbocycles. The van der Waals surface area contributed by atoms with Crippen LogP contribution in [0, 0.1) is 6.92 Å². The van der Waals surface area contributed by atoms with Crippen LogP contribution in [0.15, 0.2) is 83.8 Å². The van der Waals surface area contributed by atoms with E-state index in [1.165, 1.54) is 10.5 Å². The molecule has 4 aromatic rings. The van der Waals surface area contributed by atoms with Crippen molar-refractivity contribution in [3.8, 4) is 11.5 Å². The van der Waals surface area contributed by atoms with Gasteiger partial charge in [-0.3, -0.25) is 14.0 Å². The molecule has 7 nitrogen and oxygen atoms in total. The Bertz CT molecular complexity index is 1270. The molecular weight excluding hydrogens is 394 g/mol. The van der Waals surface area contributed by atoms with E-state index >= 15 is 0 Å². The van der Waals surface area contributed by atoms with Gasteiger partial charge in [-0.25, -0.2) is 4.98 Å². The number of rotatable bonds is 7. The number of hydrogen-bond donors (Lipinski definition) is 1. The number of hydrogen-bond acceptors (Lipinski definition) is 5. The number of pyridine rings is 1. The van der Waals surface area contributed by atoms with Gasteiger partial charge in [-0.05, 0) is 42.8 Å². The highest BCUT2D eigenvalue weighted by molar-refractivity contribution is 5.93. The van der Waals surface area contributed by atoms with Gasteiger partial charge in [-0.2, -0.15) is 0 Å². The normalized spacial score (nSPS) is 10.6. The van der Waals surface area contributed by atoms with Crippen LogP contribution >= 0.6 is 0 Å². The Morgan fingerprint density at radius 2 is 1.77 bits per heavy atom. The predicted molar refractivity (Wildman–Crippen MR) is 118 cm³/mol. The second-order valence-electron chi connectivity index (χ2n) is 6.91. The number of benzene rings is 2. The summed E-state index contributed by atoms with van der Waals surface area (Å²) in [4.78, 5) is 29.2. The van der Waals surface area contributed by atoms with E-state index in [2.05, 4.69) is 10.3 Å². The van der Waals surface area contributed by atoms with Crippen LogP contribution in [0.2, 0.25) is 0 Å². The molecular formula is C24H21N3O4. The molecule has 0 aliphatic carbocycles. The van der Waals surface area contributed by atoms with E-state index in [1.807, 2.05) is 37.3 Å². The molecule has 0 unspecified atom stereocenters. The first kappa shape index (κ1) is 20.2. The summed E-state index contributed by atoms with van der Waals surface area (Å²) in [5, 5.41) is 2.79. The molecule has 0 saturated heterocycles. The topological polar surface area (TPSA) is 81.9 Å². The van der Waals surface area contributed by atoms with Crippen LogP contribution in [0.25, 0.3) is 5.65 Å². The molecule has 0 saturated carbocycles. The number of aryl methyl sites for hydroxylation is 1. The van der Waals surface area contributed by atoms with Crippen molar-refractivity contribution in [2.45, 2.75) is 13.5 Å². The van der Waals surface area contributed by atoms with Crippen LogP contribution in [0.3, 0.4) is 0 Å². The molecule has 0 spiro atoms. The number of carbonyl (C=O) groups is 1. The molecule has 0 radical (unpaired) electrons. The van der Waals surface area contributed by atoms with Gasteiger partial charge in [0.1, 0.15) is 23.8 Å². The smallest absolute Gasteiger partial charge is 0.262 e. The molecule has 0 bridgehead atoms. The molecule has 2 heterocycles. The molecule has 0 atom stereocenters. The third-order valence-electron chi connectivity index (χ3n) is 4.59. The van der Waals surface area contributed by atoms with Crippen molar-refractivity contribution in [3.05, 3.63) is 101 Å².